The van der Waals surface area contributed by atoms with E-state index in [9.17, 15) is 0 Å². The molecule has 0 aliphatic heterocycles. The first-order valence-corrected chi connectivity index (χ1v) is 6.87. The van der Waals surface area contributed by atoms with Crippen molar-refractivity contribution < 1.29 is 0 Å². The maximum Gasteiger partial charge on any atom is 0.0348 e. The number of hydrogen-bond acceptors (Lipinski definition) is 2. The van der Waals surface area contributed by atoms with Crippen molar-refractivity contribution in [3.63, 3.8) is 0 Å². The predicted octanol–water partition coefficient (Wildman–Crippen LogP) is 3.99. The summed E-state index contributed by atoms with van der Waals surface area (Å²) in [5.41, 5.74) is 8.18. The van der Waals surface area contributed by atoms with Crippen LogP contribution >= 0.6 is 27.3 Å². The largest absolute Gasteiger partial charge is 0.330 e. The number of hydrogen-bond donors (Lipinski definition) is 1. The Bertz CT molecular complexity index is 490. The van der Waals surface area contributed by atoms with Crippen LogP contribution in [0.25, 0.3) is 10.4 Å². The summed E-state index contributed by atoms with van der Waals surface area (Å²) in [7, 11) is 0. The highest BCUT2D eigenvalue weighted by Crippen LogP contribution is 2.31. The molecular weight excluding hydrogens is 282 g/mol. The molecule has 0 aliphatic carbocycles. The zero-order valence-corrected chi connectivity index (χ0v) is 11.6. The quantitative estimate of drug-likeness (QED) is 0.910. The van der Waals surface area contributed by atoms with Gasteiger partial charge in [0.15, 0.2) is 0 Å². The molecule has 0 radical (unpaired) electrons. The number of benzene rings is 1. The van der Waals surface area contributed by atoms with Crippen molar-refractivity contribution >= 4 is 27.3 Å². The van der Waals surface area contributed by atoms with Gasteiger partial charge >= 0.3 is 0 Å². The Balaban J connectivity index is 2.35. The Morgan fingerprint density at radius 2 is 2.06 bits per heavy atom. The lowest BCUT2D eigenvalue weighted by Crippen LogP contribution is -2.00. The predicted molar refractivity (Wildman–Crippen MR) is 75.0 cm³/mol. The van der Waals surface area contributed by atoms with Crippen LogP contribution in [-0.2, 0) is 6.42 Å². The van der Waals surface area contributed by atoms with Crippen LogP contribution in [0.5, 0.6) is 0 Å². The van der Waals surface area contributed by atoms with E-state index in [1.54, 1.807) is 0 Å². The average Bonchev–Trinajstić information content (AvgIpc) is 2.67. The van der Waals surface area contributed by atoms with Gasteiger partial charge in [-0.3, -0.25) is 0 Å². The van der Waals surface area contributed by atoms with E-state index >= 15 is 0 Å². The third-order valence-electron chi connectivity index (χ3n) is 2.51. The highest BCUT2D eigenvalue weighted by Gasteiger charge is 2.05. The summed E-state index contributed by atoms with van der Waals surface area (Å²) in [6, 6.07) is 10.8. The van der Waals surface area contributed by atoms with Crippen molar-refractivity contribution in [1.82, 2.24) is 0 Å². The number of nitrogens with two attached hydrogens (primary N) is 1. The zero-order valence-electron chi connectivity index (χ0n) is 9.16. The second-order valence-electron chi connectivity index (χ2n) is 3.76. The average molecular weight is 296 g/mol. The van der Waals surface area contributed by atoms with Gasteiger partial charge in [0.2, 0.25) is 0 Å². The van der Waals surface area contributed by atoms with Crippen LogP contribution in [-0.4, -0.2) is 6.54 Å². The van der Waals surface area contributed by atoms with E-state index in [1.165, 1.54) is 20.9 Å². The molecule has 2 rings (SSSR count). The van der Waals surface area contributed by atoms with Crippen molar-refractivity contribution in [1.29, 1.82) is 0 Å². The summed E-state index contributed by atoms with van der Waals surface area (Å²) < 4.78 is 1.13. The highest BCUT2D eigenvalue weighted by atomic mass is 79.9. The molecule has 0 spiro atoms. The summed E-state index contributed by atoms with van der Waals surface area (Å²) in [4.78, 5) is 2.69. The van der Waals surface area contributed by atoms with E-state index in [1.807, 2.05) is 11.3 Å². The smallest absolute Gasteiger partial charge is 0.0348 e. The SMILES string of the molecule is Cc1cc(Br)ccc1-c1ccc(CCN)s1. The van der Waals surface area contributed by atoms with Crippen LogP contribution in [0.4, 0.5) is 0 Å². The molecule has 0 saturated heterocycles. The van der Waals surface area contributed by atoms with Gasteiger partial charge < -0.3 is 5.73 Å². The number of thiophene rings is 1. The maximum atomic E-state index is 5.56. The number of aryl methyl sites for hydroxylation is 1. The first-order chi connectivity index (χ1) is 7.70. The lowest BCUT2D eigenvalue weighted by Gasteiger charge is -2.03. The summed E-state index contributed by atoms with van der Waals surface area (Å²) in [6.45, 7) is 2.86. The van der Waals surface area contributed by atoms with E-state index in [0.29, 0.717) is 0 Å². The molecule has 0 aliphatic rings. The molecule has 0 saturated carbocycles. The monoisotopic (exact) mass is 295 g/mol. The molecular formula is C13H14BrNS. The Morgan fingerprint density at radius 1 is 1.25 bits per heavy atom. The number of rotatable bonds is 3. The van der Waals surface area contributed by atoms with Gasteiger partial charge in [-0.25, -0.2) is 0 Å². The summed E-state index contributed by atoms with van der Waals surface area (Å²) in [5, 5.41) is 0. The van der Waals surface area contributed by atoms with Crippen molar-refractivity contribution in [2.24, 2.45) is 5.73 Å². The van der Waals surface area contributed by atoms with Crippen LogP contribution in [0.15, 0.2) is 34.8 Å². The summed E-state index contributed by atoms with van der Waals surface area (Å²) >= 11 is 5.32. The van der Waals surface area contributed by atoms with E-state index in [-0.39, 0.29) is 0 Å². The van der Waals surface area contributed by atoms with Gasteiger partial charge in [0.1, 0.15) is 0 Å². The zero-order chi connectivity index (χ0) is 11.5. The van der Waals surface area contributed by atoms with Crippen LogP contribution in [0.2, 0.25) is 0 Å². The van der Waals surface area contributed by atoms with Gasteiger partial charge in [-0.1, -0.05) is 22.0 Å². The molecule has 2 N–H and O–H groups in total. The third kappa shape index (κ3) is 2.54. The molecule has 3 heteroatoms. The Kier molecular flexibility index (Phi) is 3.79. The second kappa shape index (κ2) is 5.13. The van der Waals surface area contributed by atoms with Crippen LogP contribution in [0, 0.1) is 6.92 Å². The first kappa shape index (κ1) is 11.8. The molecule has 0 fully saturated rings. The molecule has 2 aromatic rings. The fourth-order valence-electron chi connectivity index (χ4n) is 1.70. The van der Waals surface area contributed by atoms with Crippen LogP contribution < -0.4 is 5.73 Å². The Hall–Kier alpha value is -0.640. The molecule has 1 heterocycles. The maximum absolute atomic E-state index is 5.56. The molecule has 84 valence electrons. The Labute approximate surface area is 108 Å². The van der Waals surface area contributed by atoms with Crippen molar-refractivity contribution in [3.8, 4) is 10.4 Å². The third-order valence-corrected chi connectivity index (χ3v) is 4.18. The van der Waals surface area contributed by atoms with Gasteiger partial charge in [0.05, 0.1) is 0 Å². The van der Waals surface area contributed by atoms with Crippen molar-refractivity contribution in [3.05, 3.63) is 45.2 Å². The molecule has 1 aromatic carbocycles. The number of halogens is 1. The minimum absolute atomic E-state index is 0.722. The van der Waals surface area contributed by atoms with E-state index < -0.39 is 0 Å². The first-order valence-electron chi connectivity index (χ1n) is 5.26. The molecule has 0 amide bonds. The molecule has 0 unspecified atom stereocenters. The molecule has 16 heavy (non-hydrogen) atoms. The lowest BCUT2D eigenvalue weighted by molar-refractivity contribution is 0.989. The van der Waals surface area contributed by atoms with Gasteiger partial charge in [-0.2, -0.15) is 0 Å². The van der Waals surface area contributed by atoms with E-state index in [2.05, 4.69) is 53.2 Å². The van der Waals surface area contributed by atoms with Gasteiger partial charge in [-0.05, 0) is 55.3 Å². The van der Waals surface area contributed by atoms with E-state index in [0.717, 1.165) is 17.4 Å². The molecule has 1 nitrogen and oxygen atoms in total. The van der Waals surface area contributed by atoms with Crippen LogP contribution in [0.3, 0.4) is 0 Å². The van der Waals surface area contributed by atoms with Crippen molar-refractivity contribution in [2.75, 3.05) is 6.54 Å². The lowest BCUT2D eigenvalue weighted by atomic mass is 10.1. The highest BCUT2D eigenvalue weighted by molar-refractivity contribution is 9.10. The fourth-order valence-corrected chi connectivity index (χ4v) is 3.29. The minimum Gasteiger partial charge on any atom is -0.330 e. The van der Waals surface area contributed by atoms with Crippen molar-refractivity contribution in [2.45, 2.75) is 13.3 Å². The van der Waals surface area contributed by atoms with Gasteiger partial charge in [0.25, 0.3) is 0 Å². The Morgan fingerprint density at radius 3 is 2.75 bits per heavy atom. The second-order valence-corrected chi connectivity index (χ2v) is 5.85. The standard InChI is InChI=1S/C13H14BrNS/c1-9-8-10(14)2-4-12(9)13-5-3-11(16-13)6-7-15/h2-5,8H,6-7,15H2,1H3. The molecule has 0 bridgehead atoms. The fraction of sp³-hybridized carbons (Fsp3) is 0.231. The summed E-state index contributed by atoms with van der Waals surface area (Å²) in [6.07, 6.45) is 0.972. The topological polar surface area (TPSA) is 26.0 Å². The molecule has 0 atom stereocenters. The normalized spacial score (nSPS) is 10.7. The van der Waals surface area contributed by atoms with Gasteiger partial charge in [0, 0.05) is 14.2 Å². The minimum atomic E-state index is 0.722. The van der Waals surface area contributed by atoms with E-state index in [4.69, 9.17) is 5.73 Å². The van der Waals surface area contributed by atoms with Crippen LogP contribution in [0.1, 0.15) is 10.4 Å². The van der Waals surface area contributed by atoms with Gasteiger partial charge in [-0.15, -0.1) is 11.3 Å². The molecule has 1 aromatic heterocycles. The summed E-state index contributed by atoms with van der Waals surface area (Å²) in [5.74, 6) is 0.